The van der Waals surface area contributed by atoms with E-state index in [2.05, 4.69) is 46.4 Å². The second-order valence-electron chi connectivity index (χ2n) is 7.78. The first-order chi connectivity index (χ1) is 13.4. The summed E-state index contributed by atoms with van der Waals surface area (Å²) in [6.07, 6.45) is 3.37. The first kappa shape index (κ1) is 19.9. The van der Waals surface area contributed by atoms with E-state index in [1.54, 1.807) is 31.1 Å². The summed E-state index contributed by atoms with van der Waals surface area (Å²) in [5.74, 6) is -0.376. The molecule has 1 fully saturated rings. The Bertz CT molecular complexity index is 827. The van der Waals surface area contributed by atoms with Crippen LogP contribution in [0.15, 0.2) is 48.8 Å². The van der Waals surface area contributed by atoms with Crippen LogP contribution in [0.2, 0.25) is 0 Å². The lowest BCUT2D eigenvalue weighted by Gasteiger charge is -2.39. The molecule has 1 aliphatic heterocycles. The number of benzene rings is 1. The van der Waals surface area contributed by atoms with Crippen LogP contribution >= 0.6 is 0 Å². The topological polar surface area (TPSA) is 65.5 Å². The number of carbonyl (C=O) groups excluding carboxylic acids is 2. The fourth-order valence-electron chi connectivity index (χ4n) is 3.39. The van der Waals surface area contributed by atoms with Gasteiger partial charge in [0.2, 0.25) is 11.8 Å². The van der Waals surface area contributed by atoms with E-state index in [4.69, 9.17) is 0 Å². The molecule has 148 valence electrons. The number of carbonyl (C=O) groups is 2. The molecule has 0 atom stereocenters. The van der Waals surface area contributed by atoms with E-state index in [1.807, 2.05) is 12.1 Å². The third-order valence-electron chi connectivity index (χ3n) is 5.24. The molecule has 1 saturated heterocycles. The molecule has 2 heterocycles. The van der Waals surface area contributed by atoms with Crippen molar-refractivity contribution in [1.82, 2.24) is 15.2 Å². The number of nitrogens with zero attached hydrogens (tertiary/aromatic N) is 3. The van der Waals surface area contributed by atoms with Crippen LogP contribution in [0.1, 0.15) is 25.0 Å². The Morgan fingerprint density at radius 3 is 2.39 bits per heavy atom. The van der Waals surface area contributed by atoms with Gasteiger partial charge in [0.15, 0.2) is 0 Å². The normalized spacial score (nSPS) is 14.7. The van der Waals surface area contributed by atoms with Crippen LogP contribution in [0.4, 0.5) is 5.69 Å². The lowest BCUT2D eigenvalue weighted by Crippen LogP contribution is -2.55. The molecule has 2 amide bonds. The Kier molecular flexibility index (Phi) is 5.97. The van der Waals surface area contributed by atoms with Crippen molar-refractivity contribution in [3.8, 4) is 0 Å². The molecular formula is C22H28N4O2. The Morgan fingerprint density at radius 1 is 1.07 bits per heavy atom. The predicted molar refractivity (Wildman–Crippen MR) is 110 cm³/mol. The minimum Gasteiger partial charge on any atom is -0.368 e. The van der Waals surface area contributed by atoms with Gasteiger partial charge in [-0.25, -0.2) is 0 Å². The third-order valence-corrected chi connectivity index (χ3v) is 5.24. The highest BCUT2D eigenvalue weighted by atomic mass is 16.2. The molecule has 1 aromatic heterocycles. The molecule has 6 nitrogen and oxygen atoms in total. The van der Waals surface area contributed by atoms with E-state index in [0.717, 1.165) is 18.7 Å². The van der Waals surface area contributed by atoms with Crippen molar-refractivity contribution in [2.24, 2.45) is 5.41 Å². The highest BCUT2D eigenvalue weighted by molar-refractivity contribution is 6.04. The van der Waals surface area contributed by atoms with E-state index in [0.29, 0.717) is 19.6 Å². The van der Waals surface area contributed by atoms with Gasteiger partial charge < -0.3 is 15.1 Å². The number of aromatic nitrogens is 1. The first-order valence-corrected chi connectivity index (χ1v) is 9.66. The monoisotopic (exact) mass is 380 g/mol. The van der Waals surface area contributed by atoms with Gasteiger partial charge in [-0.2, -0.15) is 0 Å². The minimum atomic E-state index is -1.10. The zero-order valence-corrected chi connectivity index (χ0v) is 16.8. The number of hydrogen-bond acceptors (Lipinski definition) is 4. The van der Waals surface area contributed by atoms with Crippen molar-refractivity contribution in [1.29, 1.82) is 0 Å². The number of piperazine rings is 1. The Labute approximate surface area is 166 Å². The molecule has 2 aromatic rings. The van der Waals surface area contributed by atoms with Gasteiger partial charge in [-0.05, 0) is 56.2 Å². The van der Waals surface area contributed by atoms with Crippen LogP contribution in [0.25, 0.3) is 0 Å². The zero-order valence-electron chi connectivity index (χ0n) is 16.8. The molecule has 0 aliphatic carbocycles. The van der Waals surface area contributed by atoms with Gasteiger partial charge in [0.1, 0.15) is 5.41 Å². The molecule has 1 aliphatic rings. The molecule has 0 unspecified atom stereocenters. The molecule has 0 spiro atoms. The minimum absolute atomic E-state index is 0.122. The van der Waals surface area contributed by atoms with Crippen molar-refractivity contribution >= 4 is 17.5 Å². The number of pyridine rings is 1. The molecule has 0 radical (unpaired) electrons. The van der Waals surface area contributed by atoms with Crippen LogP contribution in [0.5, 0.6) is 0 Å². The molecule has 0 bridgehead atoms. The fraction of sp³-hybridized carbons (Fsp3) is 0.409. The van der Waals surface area contributed by atoms with E-state index in [-0.39, 0.29) is 11.8 Å². The van der Waals surface area contributed by atoms with Gasteiger partial charge in [-0.1, -0.05) is 12.1 Å². The highest BCUT2D eigenvalue weighted by Gasteiger charge is 2.39. The van der Waals surface area contributed by atoms with Crippen LogP contribution in [0, 0.1) is 12.3 Å². The maximum absolute atomic E-state index is 13.0. The first-order valence-electron chi connectivity index (χ1n) is 9.66. The SMILES string of the molecule is Cc1cccc(N2CCN(C(=O)C(C)(C)C(=O)NCc3ccncc3)CC2)c1. The van der Waals surface area contributed by atoms with Crippen molar-refractivity contribution in [3.05, 3.63) is 59.9 Å². The Balaban J connectivity index is 1.56. The lowest BCUT2D eigenvalue weighted by atomic mass is 9.89. The summed E-state index contributed by atoms with van der Waals surface area (Å²) in [4.78, 5) is 33.7. The Morgan fingerprint density at radius 2 is 1.75 bits per heavy atom. The summed E-state index contributed by atoms with van der Waals surface area (Å²) in [6, 6.07) is 12.1. The molecular weight excluding hydrogens is 352 g/mol. The number of nitrogens with one attached hydrogen (secondary N) is 1. The molecule has 1 aromatic carbocycles. The van der Waals surface area contributed by atoms with Gasteiger partial charge in [0, 0.05) is 50.8 Å². The molecule has 0 saturated carbocycles. The van der Waals surface area contributed by atoms with Gasteiger partial charge in [-0.15, -0.1) is 0 Å². The average molecular weight is 380 g/mol. The average Bonchev–Trinajstić information content (AvgIpc) is 2.72. The summed E-state index contributed by atoms with van der Waals surface area (Å²) in [6.45, 7) is 8.64. The number of anilines is 1. The number of amides is 2. The number of aryl methyl sites for hydroxylation is 1. The Hall–Kier alpha value is -2.89. The summed E-state index contributed by atoms with van der Waals surface area (Å²) in [5.41, 5.74) is 2.27. The van der Waals surface area contributed by atoms with Crippen molar-refractivity contribution < 1.29 is 9.59 Å². The summed E-state index contributed by atoms with van der Waals surface area (Å²) >= 11 is 0. The quantitative estimate of drug-likeness (QED) is 0.809. The lowest BCUT2D eigenvalue weighted by molar-refractivity contribution is -0.148. The van der Waals surface area contributed by atoms with Gasteiger partial charge in [0.25, 0.3) is 0 Å². The predicted octanol–water partition coefficient (Wildman–Crippen LogP) is 2.38. The van der Waals surface area contributed by atoms with E-state index < -0.39 is 5.41 Å². The largest absolute Gasteiger partial charge is 0.368 e. The van der Waals surface area contributed by atoms with Crippen molar-refractivity contribution in [2.75, 3.05) is 31.1 Å². The number of hydrogen-bond donors (Lipinski definition) is 1. The molecule has 6 heteroatoms. The van der Waals surface area contributed by atoms with E-state index in [1.165, 1.54) is 11.3 Å². The van der Waals surface area contributed by atoms with Crippen molar-refractivity contribution in [3.63, 3.8) is 0 Å². The fourth-order valence-corrected chi connectivity index (χ4v) is 3.39. The van der Waals surface area contributed by atoms with Gasteiger partial charge in [-0.3, -0.25) is 14.6 Å². The van der Waals surface area contributed by atoms with Crippen LogP contribution in [-0.2, 0) is 16.1 Å². The van der Waals surface area contributed by atoms with Crippen LogP contribution in [0.3, 0.4) is 0 Å². The molecule has 1 N–H and O–H groups in total. The highest BCUT2D eigenvalue weighted by Crippen LogP contribution is 2.23. The maximum Gasteiger partial charge on any atom is 0.237 e. The van der Waals surface area contributed by atoms with Crippen LogP contribution in [-0.4, -0.2) is 47.9 Å². The third kappa shape index (κ3) is 4.50. The van der Waals surface area contributed by atoms with Crippen LogP contribution < -0.4 is 10.2 Å². The summed E-state index contributed by atoms with van der Waals surface area (Å²) in [5, 5.41) is 2.88. The summed E-state index contributed by atoms with van der Waals surface area (Å²) < 4.78 is 0. The standard InChI is InChI=1S/C22H28N4O2/c1-17-5-4-6-19(15-17)25-11-13-26(14-12-25)21(28)22(2,3)20(27)24-16-18-7-9-23-10-8-18/h4-10,15H,11-14,16H2,1-3H3,(H,24,27). The smallest absolute Gasteiger partial charge is 0.237 e. The van der Waals surface area contributed by atoms with E-state index >= 15 is 0 Å². The van der Waals surface area contributed by atoms with E-state index in [9.17, 15) is 9.59 Å². The summed E-state index contributed by atoms with van der Waals surface area (Å²) in [7, 11) is 0. The molecule has 3 rings (SSSR count). The maximum atomic E-state index is 13.0. The zero-order chi connectivity index (χ0) is 20.1. The van der Waals surface area contributed by atoms with Crippen molar-refractivity contribution in [2.45, 2.75) is 27.3 Å². The van der Waals surface area contributed by atoms with Gasteiger partial charge in [0.05, 0.1) is 0 Å². The number of rotatable bonds is 5. The second-order valence-corrected chi connectivity index (χ2v) is 7.78. The van der Waals surface area contributed by atoms with Gasteiger partial charge >= 0.3 is 0 Å². The second kappa shape index (κ2) is 8.42. The molecule has 28 heavy (non-hydrogen) atoms.